The zero-order valence-corrected chi connectivity index (χ0v) is 49.7. The first-order valence-corrected chi connectivity index (χ1v) is 34.3. The quantitative estimate of drug-likeness (QED) is 0.0162. The van der Waals surface area contributed by atoms with E-state index >= 15 is 0 Å². The molecule has 7 aromatic rings. The minimum atomic E-state index is 0.790. The number of benzene rings is 4. The molecule has 7 rings (SSSR count). The van der Waals surface area contributed by atoms with E-state index in [4.69, 9.17) is 29.9 Å². The average Bonchev–Trinajstić information content (AvgIpc) is 3.40. The largest absolute Gasteiger partial charge is 0.241 e. The summed E-state index contributed by atoms with van der Waals surface area (Å²) in [4.78, 5) is 42.0. The Labute approximate surface area is 459 Å². The van der Waals surface area contributed by atoms with E-state index in [1.165, 1.54) is 183 Å². The van der Waals surface area contributed by atoms with E-state index in [1.807, 2.05) is 70.6 Å². The summed E-state index contributed by atoms with van der Waals surface area (Å²) in [6.07, 6.45) is 29.7. The highest BCUT2D eigenvalue weighted by Crippen LogP contribution is 2.43. The molecule has 0 fully saturated rings. The second-order valence-electron chi connectivity index (χ2n) is 19.5. The third-order valence-corrected chi connectivity index (χ3v) is 20.3. The van der Waals surface area contributed by atoms with E-state index in [0.29, 0.717) is 0 Å². The first kappa shape index (κ1) is 57.5. The van der Waals surface area contributed by atoms with Crippen molar-refractivity contribution in [3.63, 3.8) is 0 Å². The first-order chi connectivity index (χ1) is 35.5. The molecule has 0 radical (unpaired) electrons. The molecule has 0 bridgehead atoms. The highest BCUT2D eigenvalue weighted by Gasteiger charge is 2.24. The van der Waals surface area contributed by atoms with Gasteiger partial charge in [0.1, 0.15) is 66.2 Å². The van der Waals surface area contributed by atoms with Crippen LogP contribution in [0.4, 0.5) is 0 Å². The summed E-state index contributed by atoms with van der Waals surface area (Å²) in [5.74, 6) is 6.38. The molecule has 0 N–H and O–H groups in total. The van der Waals surface area contributed by atoms with Gasteiger partial charge in [0.15, 0.2) is 0 Å². The number of rotatable bonds is 36. The van der Waals surface area contributed by atoms with Crippen LogP contribution in [-0.4, -0.2) is 64.4 Å². The molecule has 0 atom stereocenters. The van der Waals surface area contributed by atoms with Gasteiger partial charge in [-0.3, -0.25) is 0 Å². The monoisotopic (exact) mass is 1080 g/mol. The minimum Gasteiger partial charge on any atom is -0.241 e. The van der Waals surface area contributed by atoms with Crippen LogP contribution >= 0.6 is 70.6 Å². The summed E-state index contributed by atoms with van der Waals surface area (Å²) in [5.41, 5.74) is 10.6. The Morgan fingerprint density at radius 3 is 0.500 bits per heavy atom. The maximum absolute atomic E-state index is 5.80. The molecule has 72 heavy (non-hydrogen) atoms. The van der Waals surface area contributed by atoms with Gasteiger partial charge in [0.25, 0.3) is 0 Å². The number of unbranched alkanes of at least 4 members (excludes halogenated alkanes) is 18. The van der Waals surface area contributed by atoms with Gasteiger partial charge >= 0.3 is 0 Å². The lowest BCUT2D eigenvalue weighted by Crippen LogP contribution is -2.02. The second-order valence-corrected chi connectivity index (χ2v) is 26.3. The molecule has 4 aromatic carbocycles. The van der Waals surface area contributed by atoms with E-state index in [-0.39, 0.29) is 0 Å². The van der Waals surface area contributed by atoms with Crippen LogP contribution in [0.25, 0.3) is 66.2 Å². The molecule has 0 spiro atoms. The van der Waals surface area contributed by atoms with Crippen molar-refractivity contribution >= 4 is 137 Å². The molecule has 0 amide bonds. The van der Waals surface area contributed by atoms with Crippen molar-refractivity contribution < 1.29 is 0 Å². The van der Waals surface area contributed by atoms with Crippen molar-refractivity contribution in [2.75, 3.05) is 34.5 Å². The average molecular weight is 1080 g/mol. The fourth-order valence-electron chi connectivity index (χ4n) is 9.22. The van der Waals surface area contributed by atoms with Crippen LogP contribution in [0, 0.1) is 0 Å². The molecule has 3 heterocycles. The van der Waals surface area contributed by atoms with Crippen LogP contribution in [0.5, 0.6) is 0 Å². The summed E-state index contributed by atoms with van der Waals surface area (Å²) in [7, 11) is 0. The normalized spacial score (nSPS) is 12.1. The number of nitrogens with zero attached hydrogens (tertiary/aromatic N) is 6. The van der Waals surface area contributed by atoms with Crippen LogP contribution in [0.2, 0.25) is 0 Å². The fraction of sp³-hybridized carbons (Fsp3) is 0.600. The van der Waals surface area contributed by atoms with Gasteiger partial charge in [-0.25, -0.2) is 29.9 Å². The van der Waals surface area contributed by atoms with E-state index in [9.17, 15) is 0 Å². The van der Waals surface area contributed by atoms with Gasteiger partial charge in [0.2, 0.25) is 0 Å². The number of thioether (sulfide) groups is 6. The Balaban J connectivity index is 1.52. The molecule has 0 saturated heterocycles. The molecule has 0 aliphatic heterocycles. The highest BCUT2D eigenvalue weighted by molar-refractivity contribution is 8.01. The Kier molecular flexibility index (Phi) is 25.3. The SMILES string of the molecule is CCCCCCSc1ccc(SCCCCCC)c2nc3c(nc12)c1nc2c(SCCCCCC)ccc(SCCCCCC)c2nc1c1nc2c(SCCCCCC)ccc(SCCCCCC)c2nc31. The molecule has 12 heteroatoms. The third-order valence-electron chi connectivity index (χ3n) is 13.5. The van der Waals surface area contributed by atoms with Gasteiger partial charge in [-0.2, -0.15) is 0 Å². The zero-order chi connectivity index (χ0) is 50.3. The molecule has 0 aliphatic rings. The van der Waals surface area contributed by atoms with Crippen LogP contribution in [-0.2, 0) is 0 Å². The van der Waals surface area contributed by atoms with Gasteiger partial charge in [-0.05, 0) is 109 Å². The van der Waals surface area contributed by atoms with E-state index in [1.54, 1.807) is 0 Å². The van der Waals surface area contributed by atoms with Crippen molar-refractivity contribution in [1.29, 1.82) is 0 Å². The summed E-state index contributed by atoms with van der Waals surface area (Å²) in [5, 5.41) is 0. The van der Waals surface area contributed by atoms with E-state index < -0.39 is 0 Å². The zero-order valence-electron chi connectivity index (χ0n) is 44.8. The lowest BCUT2D eigenvalue weighted by Gasteiger charge is -2.16. The van der Waals surface area contributed by atoms with Crippen molar-refractivity contribution in [2.24, 2.45) is 0 Å². The summed E-state index contributed by atoms with van der Waals surface area (Å²) in [6, 6.07) is 13.9. The Morgan fingerprint density at radius 2 is 0.361 bits per heavy atom. The lowest BCUT2D eigenvalue weighted by atomic mass is 10.1. The van der Waals surface area contributed by atoms with E-state index in [2.05, 4.69) is 77.9 Å². The van der Waals surface area contributed by atoms with Gasteiger partial charge in [-0.1, -0.05) is 157 Å². The van der Waals surface area contributed by atoms with Crippen LogP contribution in [0.3, 0.4) is 0 Å². The molecule has 0 unspecified atom stereocenters. The van der Waals surface area contributed by atoms with Gasteiger partial charge < -0.3 is 0 Å². The maximum atomic E-state index is 5.80. The molecule has 3 aromatic heterocycles. The first-order valence-electron chi connectivity index (χ1n) is 28.4. The Bertz CT molecular complexity index is 2270. The molecular formula is C60H84N6S6. The molecule has 6 nitrogen and oxygen atoms in total. The lowest BCUT2D eigenvalue weighted by molar-refractivity contribution is 0.706. The number of hydrogen-bond acceptors (Lipinski definition) is 12. The number of aromatic nitrogens is 6. The van der Waals surface area contributed by atoms with Crippen molar-refractivity contribution in [3.8, 4) is 0 Å². The number of fused-ring (bicyclic) bond motifs is 9. The van der Waals surface area contributed by atoms with E-state index in [0.717, 1.165) is 101 Å². The molecular weight excluding hydrogens is 997 g/mol. The van der Waals surface area contributed by atoms with Crippen molar-refractivity contribution in [1.82, 2.24) is 29.9 Å². The standard InChI is InChI=1S/C60H84N6S6/c1-7-13-19-25-37-67-43-31-32-44(68-38-26-20-14-8-2)50-49(43)61-55-56(62-50)58-60(66-54-48(72-42-30-24-18-12-6)36-35-47(53(54)64-58)71-41-29-23-17-11-5)59-57(55)63-51-45(69-39-27-21-15-9-3)33-34-46(52(51)65-59)70-40-28-22-16-10-4/h31-36H,7-30,37-42H2,1-6H3. The van der Waals surface area contributed by atoms with Crippen LogP contribution < -0.4 is 0 Å². The third kappa shape index (κ3) is 15.7. The fourth-order valence-corrected chi connectivity index (χ4v) is 15.3. The van der Waals surface area contributed by atoms with Crippen LogP contribution in [0.15, 0.2) is 65.8 Å². The summed E-state index contributed by atoms with van der Waals surface area (Å²) in [6.45, 7) is 13.7. The predicted molar refractivity (Wildman–Crippen MR) is 327 cm³/mol. The summed E-state index contributed by atoms with van der Waals surface area (Å²) >= 11 is 11.6. The second kappa shape index (κ2) is 31.7. The molecule has 0 aliphatic carbocycles. The number of hydrogen-bond donors (Lipinski definition) is 0. The molecule has 0 saturated carbocycles. The maximum Gasteiger partial charge on any atom is 0.120 e. The van der Waals surface area contributed by atoms with Gasteiger partial charge in [-0.15, -0.1) is 70.6 Å². The Morgan fingerprint density at radius 1 is 0.208 bits per heavy atom. The van der Waals surface area contributed by atoms with Crippen molar-refractivity contribution in [2.45, 2.75) is 225 Å². The van der Waals surface area contributed by atoms with Crippen molar-refractivity contribution in [3.05, 3.63) is 36.4 Å². The predicted octanol–water partition coefficient (Wildman–Crippen LogP) is 21.0. The molecule has 390 valence electrons. The van der Waals surface area contributed by atoms with Gasteiger partial charge in [0.05, 0.1) is 0 Å². The topological polar surface area (TPSA) is 77.3 Å². The highest BCUT2D eigenvalue weighted by atomic mass is 32.2. The van der Waals surface area contributed by atoms with Crippen LogP contribution in [0.1, 0.15) is 196 Å². The van der Waals surface area contributed by atoms with Gasteiger partial charge in [0, 0.05) is 29.4 Å². The Hall–Kier alpha value is -2.22. The summed E-state index contributed by atoms with van der Waals surface area (Å²) < 4.78 is 0. The smallest absolute Gasteiger partial charge is 0.120 e. The minimum absolute atomic E-state index is 0.790.